The fourth-order valence-electron chi connectivity index (χ4n) is 2.34. The molecule has 0 unspecified atom stereocenters. The van der Waals surface area contributed by atoms with E-state index in [4.69, 9.17) is 0 Å². The summed E-state index contributed by atoms with van der Waals surface area (Å²) in [5.41, 5.74) is -0.0534. The standard InChI is InChI=1S/C14H16N2O4/c17-13-7-10(3-6-12(13)16(19)20)14(18)15(11-4-5-11)8-9-1-2-9/h3,6-7,9,11,17H,1-2,4-5,8H2. The first-order chi connectivity index (χ1) is 9.56. The molecule has 0 atom stereocenters. The molecule has 3 rings (SSSR count). The molecule has 1 aromatic rings. The van der Waals surface area contributed by atoms with E-state index in [9.17, 15) is 20.0 Å². The minimum Gasteiger partial charge on any atom is -0.502 e. The highest BCUT2D eigenvalue weighted by atomic mass is 16.6. The molecular weight excluding hydrogens is 260 g/mol. The number of phenols is 1. The first-order valence-corrected chi connectivity index (χ1v) is 6.84. The van der Waals surface area contributed by atoms with Gasteiger partial charge in [0.25, 0.3) is 5.91 Å². The van der Waals surface area contributed by atoms with Crippen LogP contribution in [0.1, 0.15) is 36.0 Å². The maximum atomic E-state index is 12.5. The highest BCUT2D eigenvalue weighted by Gasteiger charge is 2.37. The van der Waals surface area contributed by atoms with Crippen molar-refractivity contribution >= 4 is 11.6 Å². The second-order valence-corrected chi connectivity index (χ2v) is 5.59. The molecule has 1 aromatic carbocycles. The molecule has 0 saturated heterocycles. The molecule has 0 spiro atoms. The molecule has 106 valence electrons. The number of carbonyl (C=O) groups is 1. The highest BCUT2D eigenvalue weighted by molar-refractivity contribution is 5.95. The van der Waals surface area contributed by atoms with Crippen molar-refractivity contribution in [1.82, 2.24) is 4.90 Å². The Bertz CT molecular complexity index is 564. The fraction of sp³-hybridized carbons (Fsp3) is 0.500. The maximum absolute atomic E-state index is 12.5. The van der Waals surface area contributed by atoms with Crippen LogP contribution in [0.3, 0.4) is 0 Å². The number of nitro benzene ring substituents is 1. The molecule has 6 heteroatoms. The number of aromatic hydroxyl groups is 1. The van der Waals surface area contributed by atoms with Crippen LogP contribution >= 0.6 is 0 Å². The van der Waals surface area contributed by atoms with Gasteiger partial charge in [-0.25, -0.2) is 0 Å². The molecule has 0 radical (unpaired) electrons. The number of nitro groups is 1. The van der Waals surface area contributed by atoms with Gasteiger partial charge in [-0.1, -0.05) is 0 Å². The third kappa shape index (κ3) is 2.59. The summed E-state index contributed by atoms with van der Waals surface area (Å²) in [6.07, 6.45) is 4.39. The first kappa shape index (κ1) is 12.9. The Morgan fingerprint density at radius 3 is 2.55 bits per heavy atom. The molecule has 6 nitrogen and oxygen atoms in total. The molecule has 2 fully saturated rings. The van der Waals surface area contributed by atoms with Gasteiger partial charge in [-0.2, -0.15) is 0 Å². The van der Waals surface area contributed by atoms with E-state index in [1.54, 1.807) is 0 Å². The zero-order chi connectivity index (χ0) is 14.3. The van der Waals surface area contributed by atoms with Gasteiger partial charge in [0, 0.05) is 24.2 Å². The quantitative estimate of drug-likeness (QED) is 0.660. The van der Waals surface area contributed by atoms with Crippen LogP contribution in [-0.2, 0) is 0 Å². The summed E-state index contributed by atoms with van der Waals surface area (Å²) in [6.45, 7) is 0.765. The summed E-state index contributed by atoms with van der Waals surface area (Å²) in [4.78, 5) is 24.3. The van der Waals surface area contributed by atoms with Crippen LogP contribution < -0.4 is 0 Å². The fourth-order valence-corrected chi connectivity index (χ4v) is 2.34. The van der Waals surface area contributed by atoms with Crippen LogP contribution in [0.25, 0.3) is 0 Å². The Labute approximate surface area is 116 Å². The van der Waals surface area contributed by atoms with Gasteiger partial charge in [-0.15, -0.1) is 0 Å². The Hall–Kier alpha value is -2.11. The molecule has 2 aliphatic carbocycles. The number of hydrogen-bond donors (Lipinski definition) is 1. The predicted octanol–water partition coefficient (Wildman–Crippen LogP) is 2.32. The Kier molecular flexibility index (Phi) is 3.08. The van der Waals surface area contributed by atoms with E-state index in [-0.39, 0.29) is 11.6 Å². The van der Waals surface area contributed by atoms with Crippen LogP contribution in [0.2, 0.25) is 0 Å². The second-order valence-electron chi connectivity index (χ2n) is 5.59. The van der Waals surface area contributed by atoms with E-state index >= 15 is 0 Å². The van der Waals surface area contributed by atoms with Crippen LogP contribution in [-0.4, -0.2) is 33.4 Å². The largest absolute Gasteiger partial charge is 0.502 e. The van der Waals surface area contributed by atoms with Gasteiger partial charge < -0.3 is 10.0 Å². The van der Waals surface area contributed by atoms with Gasteiger partial charge in [-0.05, 0) is 43.7 Å². The first-order valence-electron chi connectivity index (χ1n) is 6.84. The van der Waals surface area contributed by atoms with Crippen molar-refractivity contribution in [3.05, 3.63) is 33.9 Å². The van der Waals surface area contributed by atoms with Gasteiger partial charge in [0.05, 0.1) is 4.92 Å². The van der Waals surface area contributed by atoms with Gasteiger partial charge in [0.1, 0.15) is 0 Å². The number of benzene rings is 1. The monoisotopic (exact) mass is 276 g/mol. The zero-order valence-electron chi connectivity index (χ0n) is 11.0. The number of hydrogen-bond acceptors (Lipinski definition) is 4. The minimum atomic E-state index is -0.660. The summed E-state index contributed by atoms with van der Waals surface area (Å²) in [6, 6.07) is 4.11. The molecule has 20 heavy (non-hydrogen) atoms. The van der Waals surface area contributed by atoms with E-state index in [0.717, 1.165) is 19.4 Å². The molecule has 0 bridgehead atoms. The van der Waals surface area contributed by atoms with Crippen LogP contribution in [0.15, 0.2) is 18.2 Å². The van der Waals surface area contributed by atoms with Crippen molar-refractivity contribution in [2.45, 2.75) is 31.7 Å². The Balaban J connectivity index is 1.81. The predicted molar refractivity (Wildman–Crippen MR) is 71.5 cm³/mol. The Morgan fingerprint density at radius 2 is 2.05 bits per heavy atom. The maximum Gasteiger partial charge on any atom is 0.310 e. The smallest absolute Gasteiger partial charge is 0.310 e. The van der Waals surface area contributed by atoms with Crippen LogP contribution in [0.5, 0.6) is 5.75 Å². The second kappa shape index (κ2) is 4.77. The van der Waals surface area contributed by atoms with Gasteiger partial charge in [0.2, 0.25) is 0 Å². The summed E-state index contributed by atoms with van der Waals surface area (Å²) >= 11 is 0. The average molecular weight is 276 g/mol. The topological polar surface area (TPSA) is 83.7 Å². The molecule has 1 N–H and O–H groups in total. The molecule has 1 amide bonds. The van der Waals surface area contributed by atoms with E-state index in [2.05, 4.69) is 0 Å². The van der Waals surface area contributed by atoms with E-state index < -0.39 is 10.7 Å². The van der Waals surface area contributed by atoms with Crippen molar-refractivity contribution in [2.75, 3.05) is 6.54 Å². The summed E-state index contributed by atoms with van der Waals surface area (Å²) < 4.78 is 0. The Morgan fingerprint density at radius 1 is 1.35 bits per heavy atom. The number of phenolic OH excluding ortho intramolecular Hbond substituents is 1. The lowest BCUT2D eigenvalue weighted by atomic mass is 10.1. The van der Waals surface area contributed by atoms with Gasteiger partial charge >= 0.3 is 5.69 Å². The molecular formula is C14H16N2O4. The summed E-state index contributed by atoms with van der Waals surface area (Å²) in [7, 11) is 0. The third-order valence-electron chi connectivity index (χ3n) is 3.82. The van der Waals surface area contributed by atoms with Crippen LogP contribution in [0.4, 0.5) is 5.69 Å². The zero-order valence-corrected chi connectivity index (χ0v) is 11.0. The summed E-state index contributed by atoms with van der Waals surface area (Å²) in [5, 5.41) is 20.3. The van der Waals surface area contributed by atoms with E-state index in [1.807, 2.05) is 4.90 Å². The van der Waals surface area contributed by atoms with Gasteiger partial charge in [-0.3, -0.25) is 14.9 Å². The lowest BCUT2D eigenvalue weighted by molar-refractivity contribution is -0.385. The number of nitrogens with zero attached hydrogens (tertiary/aromatic N) is 2. The van der Waals surface area contributed by atoms with E-state index in [1.165, 1.54) is 31.0 Å². The lowest BCUT2D eigenvalue weighted by Gasteiger charge is -2.22. The molecule has 2 aliphatic rings. The lowest BCUT2D eigenvalue weighted by Crippen LogP contribution is -2.34. The number of rotatable bonds is 5. The van der Waals surface area contributed by atoms with Crippen molar-refractivity contribution in [3.8, 4) is 5.75 Å². The van der Waals surface area contributed by atoms with Crippen molar-refractivity contribution < 1.29 is 14.8 Å². The van der Waals surface area contributed by atoms with Crippen molar-refractivity contribution in [2.24, 2.45) is 5.92 Å². The van der Waals surface area contributed by atoms with Crippen LogP contribution in [0, 0.1) is 16.0 Å². The molecule has 2 saturated carbocycles. The van der Waals surface area contributed by atoms with Crippen molar-refractivity contribution in [3.63, 3.8) is 0 Å². The molecule has 0 aliphatic heterocycles. The molecule has 0 aromatic heterocycles. The molecule has 0 heterocycles. The highest BCUT2D eigenvalue weighted by Crippen LogP contribution is 2.36. The number of amides is 1. The van der Waals surface area contributed by atoms with Gasteiger partial charge in [0.15, 0.2) is 5.75 Å². The number of carbonyl (C=O) groups excluding carboxylic acids is 1. The van der Waals surface area contributed by atoms with E-state index in [0.29, 0.717) is 17.5 Å². The SMILES string of the molecule is O=C(c1ccc([N+](=O)[O-])c(O)c1)N(CC1CC1)C1CC1. The summed E-state index contributed by atoms with van der Waals surface area (Å²) in [5.74, 6) is 0.0128. The van der Waals surface area contributed by atoms with Crippen molar-refractivity contribution in [1.29, 1.82) is 0 Å². The minimum absolute atomic E-state index is 0.135. The normalized spacial score (nSPS) is 17.8. The third-order valence-corrected chi connectivity index (χ3v) is 3.82. The average Bonchev–Trinajstić information content (AvgIpc) is 3.26.